The van der Waals surface area contributed by atoms with Gasteiger partial charge < -0.3 is 4.90 Å². The number of benzene rings is 2. The summed E-state index contributed by atoms with van der Waals surface area (Å²) in [5, 5.41) is 0. The Bertz CT molecular complexity index is 777. The van der Waals surface area contributed by atoms with Gasteiger partial charge in [-0.05, 0) is 29.3 Å². The van der Waals surface area contributed by atoms with Crippen LogP contribution in [0.15, 0.2) is 60.7 Å². The topological polar surface area (TPSA) is 23.6 Å². The second kappa shape index (κ2) is 8.39. The second-order valence-corrected chi connectivity index (χ2v) is 6.54. The van der Waals surface area contributed by atoms with E-state index in [-0.39, 0.29) is 5.91 Å². The molecule has 0 aromatic heterocycles. The molecule has 3 rings (SSSR count). The minimum atomic E-state index is -4.35. The van der Waals surface area contributed by atoms with Crippen LogP contribution in [0.4, 0.5) is 13.2 Å². The number of nitrogens with zero attached hydrogens (tertiary/aromatic N) is 2. The fraction of sp³-hybridized carbons (Fsp3) is 0.286. The third-order valence-corrected chi connectivity index (χ3v) is 4.59. The van der Waals surface area contributed by atoms with Crippen LogP contribution in [0.1, 0.15) is 16.7 Å². The number of hydrogen-bond donors (Lipinski definition) is 0. The number of piperazine rings is 1. The fourth-order valence-corrected chi connectivity index (χ4v) is 3.02. The number of halogens is 3. The van der Waals surface area contributed by atoms with E-state index in [0.717, 1.165) is 31.8 Å². The summed E-state index contributed by atoms with van der Waals surface area (Å²) in [7, 11) is 0. The van der Waals surface area contributed by atoms with Crippen molar-refractivity contribution in [3.05, 3.63) is 77.4 Å². The van der Waals surface area contributed by atoms with Gasteiger partial charge in [-0.25, -0.2) is 0 Å². The molecule has 0 aliphatic carbocycles. The van der Waals surface area contributed by atoms with Crippen LogP contribution in [-0.2, 0) is 17.5 Å². The van der Waals surface area contributed by atoms with Crippen LogP contribution in [0.2, 0.25) is 0 Å². The van der Waals surface area contributed by atoms with Crippen LogP contribution in [0.5, 0.6) is 0 Å². The summed E-state index contributed by atoms with van der Waals surface area (Å²) in [6, 6.07) is 15.0. The molecule has 1 fully saturated rings. The average molecular weight is 374 g/mol. The van der Waals surface area contributed by atoms with E-state index in [1.807, 2.05) is 18.2 Å². The van der Waals surface area contributed by atoms with Crippen molar-refractivity contribution in [3.63, 3.8) is 0 Å². The largest absolute Gasteiger partial charge is 0.416 e. The lowest BCUT2D eigenvalue weighted by atomic mass is 10.1. The lowest BCUT2D eigenvalue weighted by Gasteiger charge is -2.34. The minimum Gasteiger partial charge on any atom is -0.337 e. The quantitative estimate of drug-likeness (QED) is 0.754. The zero-order valence-electron chi connectivity index (χ0n) is 14.8. The minimum absolute atomic E-state index is 0.116. The Kier molecular flexibility index (Phi) is 5.96. The van der Waals surface area contributed by atoms with Gasteiger partial charge in [-0.3, -0.25) is 9.69 Å². The standard InChI is InChI=1S/C21H21F3N2O/c22-21(23,24)19-9-6-17(7-10-19)8-11-20(27)26-14-12-25(13-15-26)16-18-4-2-1-3-5-18/h1-11H,12-16H2/b11-8+. The molecule has 0 N–H and O–H groups in total. The Labute approximate surface area is 156 Å². The van der Waals surface area contributed by atoms with E-state index in [0.29, 0.717) is 18.7 Å². The summed E-state index contributed by atoms with van der Waals surface area (Å²) in [6.45, 7) is 3.75. The first-order valence-corrected chi connectivity index (χ1v) is 8.82. The highest BCUT2D eigenvalue weighted by Gasteiger charge is 2.29. The molecule has 1 aliphatic heterocycles. The molecule has 1 saturated heterocycles. The predicted molar refractivity (Wildman–Crippen MR) is 98.8 cm³/mol. The maximum atomic E-state index is 12.6. The lowest BCUT2D eigenvalue weighted by Crippen LogP contribution is -2.47. The third kappa shape index (κ3) is 5.44. The number of amides is 1. The number of hydrogen-bond acceptors (Lipinski definition) is 2. The lowest BCUT2D eigenvalue weighted by molar-refractivity contribution is -0.137. The molecule has 1 amide bonds. The Balaban J connectivity index is 1.50. The van der Waals surface area contributed by atoms with E-state index in [1.165, 1.54) is 23.8 Å². The molecule has 2 aromatic carbocycles. The van der Waals surface area contributed by atoms with Gasteiger partial charge in [-0.2, -0.15) is 13.2 Å². The molecule has 1 aliphatic rings. The van der Waals surface area contributed by atoms with Gasteiger partial charge >= 0.3 is 6.18 Å². The number of rotatable bonds is 4. The molecule has 0 spiro atoms. The van der Waals surface area contributed by atoms with Crippen molar-refractivity contribution in [2.45, 2.75) is 12.7 Å². The van der Waals surface area contributed by atoms with Crippen molar-refractivity contribution in [3.8, 4) is 0 Å². The van der Waals surface area contributed by atoms with Gasteiger partial charge in [0.1, 0.15) is 0 Å². The first-order valence-electron chi connectivity index (χ1n) is 8.82. The highest BCUT2D eigenvalue weighted by atomic mass is 19.4. The molecular weight excluding hydrogens is 353 g/mol. The molecule has 27 heavy (non-hydrogen) atoms. The van der Waals surface area contributed by atoms with Crippen LogP contribution in [0.3, 0.4) is 0 Å². The van der Waals surface area contributed by atoms with Crippen LogP contribution in [0.25, 0.3) is 6.08 Å². The van der Waals surface area contributed by atoms with Crippen molar-refractivity contribution in [1.29, 1.82) is 0 Å². The fourth-order valence-electron chi connectivity index (χ4n) is 3.02. The van der Waals surface area contributed by atoms with Crippen molar-refractivity contribution >= 4 is 12.0 Å². The van der Waals surface area contributed by atoms with Gasteiger partial charge in [-0.15, -0.1) is 0 Å². The number of alkyl halides is 3. The summed E-state index contributed by atoms with van der Waals surface area (Å²) >= 11 is 0. The second-order valence-electron chi connectivity index (χ2n) is 6.54. The summed E-state index contributed by atoms with van der Waals surface area (Å²) in [5.41, 5.74) is 1.12. The maximum Gasteiger partial charge on any atom is 0.416 e. The van der Waals surface area contributed by atoms with Gasteiger partial charge in [0.05, 0.1) is 5.56 Å². The highest BCUT2D eigenvalue weighted by molar-refractivity contribution is 5.91. The van der Waals surface area contributed by atoms with Crippen LogP contribution >= 0.6 is 0 Å². The van der Waals surface area contributed by atoms with Gasteiger partial charge in [0, 0.05) is 38.8 Å². The molecule has 2 aromatic rings. The molecule has 0 radical (unpaired) electrons. The molecule has 142 valence electrons. The first-order chi connectivity index (χ1) is 12.9. The van der Waals surface area contributed by atoms with Crippen molar-refractivity contribution in [1.82, 2.24) is 9.80 Å². The van der Waals surface area contributed by atoms with Gasteiger partial charge in [0.2, 0.25) is 5.91 Å². The number of carbonyl (C=O) groups is 1. The smallest absolute Gasteiger partial charge is 0.337 e. The highest BCUT2D eigenvalue weighted by Crippen LogP contribution is 2.29. The van der Waals surface area contributed by atoms with Crippen LogP contribution < -0.4 is 0 Å². The summed E-state index contributed by atoms with van der Waals surface area (Å²) in [6.07, 6.45) is -1.37. The molecule has 3 nitrogen and oxygen atoms in total. The molecule has 6 heteroatoms. The van der Waals surface area contributed by atoms with Gasteiger partial charge in [-0.1, -0.05) is 42.5 Å². The van der Waals surface area contributed by atoms with Crippen molar-refractivity contribution < 1.29 is 18.0 Å². The average Bonchev–Trinajstić information content (AvgIpc) is 2.67. The Hall–Kier alpha value is -2.60. The van der Waals surface area contributed by atoms with Gasteiger partial charge in [0.15, 0.2) is 0 Å². The third-order valence-electron chi connectivity index (χ3n) is 4.59. The first kappa shape index (κ1) is 19.2. The zero-order valence-corrected chi connectivity index (χ0v) is 14.8. The molecule has 0 unspecified atom stereocenters. The van der Waals surface area contributed by atoms with Gasteiger partial charge in [0.25, 0.3) is 0 Å². The van der Waals surface area contributed by atoms with E-state index in [9.17, 15) is 18.0 Å². The molecular formula is C21H21F3N2O. The Morgan fingerprint density at radius 2 is 1.56 bits per heavy atom. The molecule has 1 heterocycles. The van der Waals surface area contributed by atoms with E-state index >= 15 is 0 Å². The van der Waals surface area contributed by atoms with Crippen molar-refractivity contribution in [2.75, 3.05) is 26.2 Å². The Morgan fingerprint density at radius 1 is 0.926 bits per heavy atom. The summed E-state index contributed by atoms with van der Waals surface area (Å²) < 4.78 is 37.7. The normalized spacial score (nSPS) is 16.0. The molecule has 0 bridgehead atoms. The van der Waals surface area contributed by atoms with Crippen LogP contribution in [0, 0.1) is 0 Å². The predicted octanol–water partition coefficient (Wildman–Crippen LogP) is 4.06. The van der Waals surface area contributed by atoms with E-state index < -0.39 is 11.7 Å². The van der Waals surface area contributed by atoms with E-state index in [1.54, 1.807) is 11.0 Å². The zero-order chi connectivity index (χ0) is 19.3. The maximum absolute atomic E-state index is 12.6. The molecule has 0 atom stereocenters. The van der Waals surface area contributed by atoms with Crippen LogP contribution in [-0.4, -0.2) is 41.9 Å². The summed E-state index contributed by atoms with van der Waals surface area (Å²) in [4.78, 5) is 16.4. The van der Waals surface area contributed by atoms with Crippen molar-refractivity contribution in [2.24, 2.45) is 0 Å². The van der Waals surface area contributed by atoms with E-state index in [4.69, 9.17) is 0 Å². The summed E-state index contributed by atoms with van der Waals surface area (Å²) in [5.74, 6) is -0.116. The number of carbonyl (C=O) groups excluding carboxylic acids is 1. The molecule has 0 saturated carbocycles. The Morgan fingerprint density at radius 3 is 2.15 bits per heavy atom. The monoisotopic (exact) mass is 374 g/mol. The van der Waals surface area contributed by atoms with E-state index in [2.05, 4.69) is 17.0 Å². The SMILES string of the molecule is O=C(/C=C/c1ccc(C(F)(F)F)cc1)N1CCN(Cc2ccccc2)CC1.